The van der Waals surface area contributed by atoms with Crippen LogP contribution < -0.4 is 16.0 Å². The summed E-state index contributed by atoms with van der Waals surface area (Å²) in [4.78, 5) is 16.0. The Bertz CT molecular complexity index is 895. The number of nitrogens with zero attached hydrogens (tertiary/aromatic N) is 1. The van der Waals surface area contributed by atoms with Crippen LogP contribution in [0.15, 0.2) is 72.9 Å². The first kappa shape index (κ1) is 18.2. The fraction of sp³-hybridized carbons (Fsp3) is 0.0526. The number of rotatable bonds is 4. The second-order valence-electron chi connectivity index (χ2n) is 5.58. The first-order valence-corrected chi connectivity index (χ1v) is 7.93. The minimum absolute atomic E-state index is 0.335. The van der Waals surface area contributed by atoms with Gasteiger partial charge in [0, 0.05) is 11.4 Å². The van der Waals surface area contributed by atoms with Crippen LogP contribution in [0.2, 0.25) is 0 Å². The maximum atomic E-state index is 12.6. The molecule has 0 aliphatic carbocycles. The van der Waals surface area contributed by atoms with E-state index < -0.39 is 17.8 Å². The van der Waals surface area contributed by atoms with Crippen molar-refractivity contribution in [1.82, 2.24) is 4.98 Å². The van der Waals surface area contributed by atoms with Crippen molar-refractivity contribution in [3.8, 4) is 0 Å². The number of amides is 2. The zero-order valence-electron chi connectivity index (χ0n) is 13.9. The lowest BCUT2D eigenvalue weighted by molar-refractivity contribution is -0.137. The van der Waals surface area contributed by atoms with Gasteiger partial charge in [-0.15, -0.1) is 0 Å². The number of anilines is 4. The number of hydrogen-bond donors (Lipinski definition) is 3. The third-order valence-corrected chi connectivity index (χ3v) is 3.54. The topological polar surface area (TPSA) is 66.1 Å². The van der Waals surface area contributed by atoms with Crippen LogP contribution in [0.5, 0.6) is 0 Å². The van der Waals surface area contributed by atoms with E-state index in [4.69, 9.17) is 0 Å². The summed E-state index contributed by atoms with van der Waals surface area (Å²) in [6.45, 7) is 0. The molecule has 0 unspecified atom stereocenters. The monoisotopic (exact) mass is 372 g/mol. The Balaban J connectivity index is 1.58. The molecule has 138 valence electrons. The smallest absolute Gasteiger partial charge is 0.354 e. The largest absolute Gasteiger partial charge is 0.416 e. The molecule has 8 heteroatoms. The highest BCUT2D eigenvalue weighted by Crippen LogP contribution is 2.30. The molecule has 1 heterocycles. The predicted octanol–water partition coefficient (Wildman–Crippen LogP) is 5.49. The quantitative estimate of drug-likeness (QED) is 0.567. The van der Waals surface area contributed by atoms with Gasteiger partial charge in [-0.2, -0.15) is 13.2 Å². The molecule has 0 aliphatic heterocycles. The van der Waals surface area contributed by atoms with Crippen molar-refractivity contribution in [3.05, 3.63) is 78.5 Å². The van der Waals surface area contributed by atoms with Crippen LogP contribution in [0.3, 0.4) is 0 Å². The van der Waals surface area contributed by atoms with Gasteiger partial charge in [-0.1, -0.05) is 18.2 Å². The van der Waals surface area contributed by atoms with Crippen LogP contribution in [0.1, 0.15) is 5.56 Å². The molecule has 3 N–H and O–H groups in total. The number of benzene rings is 2. The van der Waals surface area contributed by atoms with Crippen LogP contribution in [0.4, 0.5) is 40.8 Å². The van der Waals surface area contributed by atoms with Gasteiger partial charge < -0.3 is 10.6 Å². The molecule has 0 atom stereocenters. The first-order chi connectivity index (χ1) is 12.9. The molecule has 2 aromatic carbocycles. The van der Waals surface area contributed by atoms with Gasteiger partial charge in [-0.3, -0.25) is 5.32 Å². The van der Waals surface area contributed by atoms with Gasteiger partial charge in [0.15, 0.2) is 0 Å². The highest BCUT2D eigenvalue weighted by molar-refractivity contribution is 5.99. The lowest BCUT2D eigenvalue weighted by Crippen LogP contribution is -2.19. The third kappa shape index (κ3) is 5.21. The molecule has 0 spiro atoms. The van der Waals surface area contributed by atoms with E-state index >= 15 is 0 Å². The number of para-hydroxylation sites is 1. The van der Waals surface area contributed by atoms with Gasteiger partial charge in [0.1, 0.15) is 5.82 Å². The maximum Gasteiger partial charge on any atom is 0.416 e. The van der Waals surface area contributed by atoms with Gasteiger partial charge >= 0.3 is 12.2 Å². The van der Waals surface area contributed by atoms with E-state index in [-0.39, 0.29) is 0 Å². The summed E-state index contributed by atoms with van der Waals surface area (Å²) < 4.78 is 37.7. The Morgan fingerprint density at radius 3 is 2.04 bits per heavy atom. The number of aromatic nitrogens is 1. The summed E-state index contributed by atoms with van der Waals surface area (Å²) in [6.07, 6.45) is -2.90. The van der Waals surface area contributed by atoms with Crippen molar-refractivity contribution in [1.29, 1.82) is 0 Å². The summed E-state index contributed by atoms with van der Waals surface area (Å²) in [6, 6.07) is 16.4. The average molecular weight is 372 g/mol. The van der Waals surface area contributed by atoms with Crippen LogP contribution >= 0.6 is 0 Å². The van der Waals surface area contributed by atoms with Gasteiger partial charge in [0.05, 0.1) is 17.4 Å². The molecule has 5 nitrogen and oxygen atoms in total. The van der Waals surface area contributed by atoms with Crippen molar-refractivity contribution in [3.63, 3.8) is 0 Å². The first-order valence-electron chi connectivity index (χ1n) is 7.93. The number of hydrogen-bond acceptors (Lipinski definition) is 3. The molecule has 1 aromatic heterocycles. The van der Waals surface area contributed by atoms with Gasteiger partial charge in [-0.05, 0) is 48.5 Å². The number of urea groups is 1. The van der Waals surface area contributed by atoms with Crippen LogP contribution in [-0.4, -0.2) is 11.0 Å². The van der Waals surface area contributed by atoms with Crippen molar-refractivity contribution in [2.24, 2.45) is 0 Å². The van der Waals surface area contributed by atoms with E-state index in [1.807, 2.05) is 6.07 Å². The predicted molar refractivity (Wildman–Crippen MR) is 98.0 cm³/mol. The molecule has 0 fully saturated rings. The molecule has 0 saturated heterocycles. The van der Waals surface area contributed by atoms with Crippen molar-refractivity contribution < 1.29 is 18.0 Å². The highest BCUT2D eigenvalue weighted by atomic mass is 19.4. The highest BCUT2D eigenvalue weighted by Gasteiger charge is 2.29. The maximum absolute atomic E-state index is 12.6. The minimum atomic E-state index is -4.37. The van der Waals surface area contributed by atoms with Gasteiger partial charge in [0.25, 0.3) is 0 Å². The van der Waals surface area contributed by atoms with Crippen LogP contribution in [0, 0.1) is 0 Å². The molecule has 0 bridgehead atoms. The zero-order chi connectivity index (χ0) is 19.3. The summed E-state index contributed by atoms with van der Waals surface area (Å²) in [5.41, 5.74) is 1.00. The molecule has 0 radical (unpaired) electrons. The molecule has 3 rings (SSSR count). The molecule has 2 amide bonds. The molecule has 0 aliphatic rings. The molecule has 0 saturated carbocycles. The Morgan fingerprint density at radius 1 is 0.778 bits per heavy atom. The number of nitrogens with one attached hydrogen (secondary N) is 3. The van der Waals surface area contributed by atoms with Crippen molar-refractivity contribution in [2.45, 2.75) is 6.18 Å². The van der Waals surface area contributed by atoms with E-state index in [1.54, 1.807) is 36.4 Å². The fourth-order valence-corrected chi connectivity index (χ4v) is 2.25. The summed E-state index contributed by atoms with van der Waals surface area (Å²) in [5, 5.41) is 8.20. The van der Waals surface area contributed by atoms with Crippen molar-refractivity contribution >= 4 is 28.9 Å². The van der Waals surface area contributed by atoms with Gasteiger partial charge in [-0.25, -0.2) is 9.78 Å². The molecular weight excluding hydrogens is 357 g/mol. The molecule has 3 aromatic rings. The lowest BCUT2D eigenvalue weighted by atomic mass is 10.2. The fourth-order valence-electron chi connectivity index (χ4n) is 2.25. The third-order valence-electron chi connectivity index (χ3n) is 3.54. The number of pyridine rings is 1. The summed E-state index contributed by atoms with van der Waals surface area (Å²) >= 11 is 0. The number of carbonyl (C=O) groups excluding carboxylic acids is 1. The summed E-state index contributed by atoms with van der Waals surface area (Å²) in [5.74, 6) is 0.335. The Labute approximate surface area is 153 Å². The van der Waals surface area contributed by atoms with E-state index in [0.29, 0.717) is 22.9 Å². The second kappa shape index (κ2) is 7.77. The van der Waals surface area contributed by atoms with E-state index in [2.05, 4.69) is 20.9 Å². The normalized spacial score (nSPS) is 10.9. The number of carbonyl (C=O) groups is 1. The standard InChI is InChI=1S/C19H15F3N4O/c20-19(21,22)13-6-8-15(9-7-13)24-16-10-11-17(23-12-16)26-18(27)25-14-4-2-1-3-5-14/h1-12,24H,(H2,23,25,26,27). The van der Waals surface area contributed by atoms with Gasteiger partial charge in [0.2, 0.25) is 0 Å². The zero-order valence-corrected chi connectivity index (χ0v) is 13.9. The second-order valence-corrected chi connectivity index (χ2v) is 5.58. The Hall–Kier alpha value is -3.55. The number of alkyl halides is 3. The van der Waals surface area contributed by atoms with Crippen molar-refractivity contribution in [2.75, 3.05) is 16.0 Å². The van der Waals surface area contributed by atoms with Crippen LogP contribution in [-0.2, 0) is 6.18 Å². The molecular formula is C19H15F3N4O. The number of halogens is 3. The van der Waals surface area contributed by atoms with E-state index in [1.165, 1.54) is 18.3 Å². The average Bonchev–Trinajstić information content (AvgIpc) is 2.64. The minimum Gasteiger partial charge on any atom is -0.354 e. The van der Waals surface area contributed by atoms with E-state index in [9.17, 15) is 18.0 Å². The Morgan fingerprint density at radius 2 is 1.44 bits per heavy atom. The lowest BCUT2D eigenvalue weighted by Gasteiger charge is -2.10. The van der Waals surface area contributed by atoms with Crippen LogP contribution in [0.25, 0.3) is 0 Å². The Kier molecular flexibility index (Phi) is 5.25. The SMILES string of the molecule is O=C(Nc1ccccc1)Nc1ccc(Nc2ccc(C(F)(F)F)cc2)cn1. The summed E-state index contributed by atoms with van der Waals surface area (Å²) in [7, 11) is 0. The molecule has 27 heavy (non-hydrogen) atoms. The van der Waals surface area contributed by atoms with E-state index in [0.717, 1.165) is 12.1 Å².